The lowest BCUT2D eigenvalue weighted by atomic mass is 10.2. The highest BCUT2D eigenvalue weighted by molar-refractivity contribution is 7.09. The molecule has 0 aliphatic heterocycles. The SMILES string of the molecule is CCC(C)N(CC(=O)O)Cc1scnc1C. The summed E-state index contributed by atoms with van der Waals surface area (Å²) in [5.41, 5.74) is 2.81. The number of carboxylic acid groups (broad SMARTS) is 1. The zero-order valence-corrected chi connectivity index (χ0v) is 10.8. The molecule has 0 aliphatic rings. The molecule has 4 nitrogen and oxygen atoms in total. The molecule has 0 radical (unpaired) electrons. The van der Waals surface area contributed by atoms with Gasteiger partial charge in [0.25, 0.3) is 0 Å². The minimum atomic E-state index is -0.775. The Morgan fingerprint density at radius 1 is 1.69 bits per heavy atom. The quantitative estimate of drug-likeness (QED) is 0.830. The number of thiazole rings is 1. The summed E-state index contributed by atoms with van der Waals surface area (Å²) in [7, 11) is 0. The third kappa shape index (κ3) is 3.57. The van der Waals surface area contributed by atoms with Gasteiger partial charge in [-0.05, 0) is 20.3 Å². The lowest BCUT2D eigenvalue weighted by Gasteiger charge is -2.26. The molecule has 0 aromatic carbocycles. The van der Waals surface area contributed by atoms with Crippen LogP contribution in [0.3, 0.4) is 0 Å². The maximum absolute atomic E-state index is 10.8. The van der Waals surface area contributed by atoms with Crippen molar-refractivity contribution in [2.75, 3.05) is 6.54 Å². The predicted molar refractivity (Wildman–Crippen MR) is 64.6 cm³/mol. The molecule has 0 fully saturated rings. The Balaban J connectivity index is 2.70. The average Bonchev–Trinajstić information content (AvgIpc) is 2.61. The molecule has 0 spiro atoms. The zero-order valence-electron chi connectivity index (χ0n) is 9.93. The van der Waals surface area contributed by atoms with Crippen LogP contribution in [0.25, 0.3) is 0 Å². The first-order chi connectivity index (χ1) is 7.54. The van der Waals surface area contributed by atoms with Crippen LogP contribution in [-0.4, -0.2) is 33.5 Å². The molecule has 90 valence electrons. The summed E-state index contributed by atoms with van der Waals surface area (Å²) in [6.07, 6.45) is 0.950. The highest BCUT2D eigenvalue weighted by Crippen LogP contribution is 2.17. The summed E-state index contributed by atoms with van der Waals surface area (Å²) in [5.74, 6) is -0.775. The molecule has 0 saturated heterocycles. The number of hydrogen-bond acceptors (Lipinski definition) is 4. The summed E-state index contributed by atoms with van der Waals surface area (Å²) in [6, 6.07) is 0.276. The topological polar surface area (TPSA) is 53.4 Å². The van der Waals surface area contributed by atoms with Gasteiger partial charge in [0.15, 0.2) is 0 Å². The normalized spacial score (nSPS) is 13.0. The number of hydrogen-bond donors (Lipinski definition) is 1. The molecule has 0 amide bonds. The number of aromatic nitrogens is 1. The van der Waals surface area contributed by atoms with Crippen LogP contribution in [0.2, 0.25) is 0 Å². The molecule has 1 rings (SSSR count). The number of carboxylic acids is 1. The summed E-state index contributed by atoms with van der Waals surface area (Å²) in [6.45, 7) is 6.85. The van der Waals surface area contributed by atoms with Gasteiger partial charge in [0.1, 0.15) is 0 Å². The van der Waals surface area contributed by atoms with Crippen molar-refractivity contribution in [3.8, 4) is 0 Å². The Morgan fingerprint density at radius 3 is 2.81 bits per heavy atom. The molecule has 0 aliphatic carbocycles. The largest absolute Gasteiger partial charge is 0.480 e. The van der Waals surface area contributed by atoms with Crippen molar-refractivity contribution in [1.29, 1.82) is 0 Å². The Bertz CT molecular complexity index is 352. The van der Waals surface area contributed by atoms with E-state index >= 15 is 0 Å². The molecule has 1 N–H and O–H groups in total. The van der Waals surface area contributed by atoms with Crippen molar-refractivity contribution in [2.45, 2.75) is 39.8 Å². The van der Waals surface area contributed by atoms with Crippen LogP contribution in [0, 0.1) is 6.92 Å². The third-order valence-electron chi connectivity index (χ3n) is 2.74. The third-order valence-corrected chi connectivity index (χ3v) is 3.66. The van der Waals surface area contributed by atoms with E-state index in [4.69, 9.17) is 5.11 Å². The molecular weight excluding hydrogens is 224 g/mol. The van der Waals surface area contributed by atoms with Crippen molar-refractivity contribution in [2.24, 2.45) is 0 Å². The van der Waals surface area contributed by atoms with E-state index in [1.54, 1.807) is 16.8 Å². The highest BCUT2D eigenvalue weighted by Gasteiger charge is 2.17. The van der Waals surface area contributed by atoms with Crippen molar-refractivity contribution >= 4 is 17.3 Å². The molecule has 1 aromatic rings. The Hall–Kier alpha value is -0.940. The van der Waals surface area contributed by atoms with E-state index in [1.165, 1.54) is 0 Å². The first-order valence-corrected chi connectivity index (χ1v) is 6.27. The Kier molecular flexibility index (Phi) is 4.89. The van der Waals surface area contributed by atoms with Gasteiger partial charge in [0, 0.05) is 17.5 Å². The molecule has 1 heterocycles. The van der Waals surface area contributed by atoms with E-state index in [0.717, 1.165) is 17.0 Å². The molecule has 0 bridgehead atoms. The molecule has 1 aromatic heterocycles. The zero-order chi connectivity index (χ0) is 12.1. The summed E-state index contributed by atoms with van der Waals surface area (Å²) in [5, 5.41) is 8.87. The van der Waals surface area contributed by atoms with E-state index in [0.29, 0.717) is 6.54 Å². The van der Waals surface area contributed by atoms with Gasteiger partial charge in [0.05, 0.1) is 17.7 Å². The van der Waals surface area contributed by atoms with Crippen LogP contribution in [0.4, 0.5) is 0 Å². The predicted octanol–water partition coefficient (Wildman–Crippen LogP) is 2.14. The van der Waals surface area contributed by atoms with Crippen molar-refractivity contribution in [1.82, 2.24) is 9.88 Å². The van der Waals surface area contributed by atoms with Crippen molar-refractivity contribution in [3.05, 3.63) is 16.1 Å². The van der Waals surface area contributed by atoms with Crippen LogP contribution in [-0.2, 0) is 11.3 Å². The van der Waals surface area contributed by atoms with Gasteiger partial charge in [-0.2, -0.15) is 0 Å². The van der Waals surface area contributed by atoms with E-state index in [9.17, 15) is 4.79 Å². The highest BCUT2D eigenvalue weighted by atomic mass is 32.1. The summed E-state index contributed by atoms with van der Waals surface area (Å²) >= 11 is 1.59. The number of aliphatic carboxylic acids is 1. The van der Waals surface area contributed by atoms with Gasteiger partial charge in [-0.3, -0.25) is 9.69 Å². The second-order valence-corrected chi connectivity index (χ2v) is 4.86. The molecular formula is C11H18N2O2S. The second kappa shape index (κ2) is 5.96. The van der Waals surface area contributed by atoms with Crippen LogP contribution in [0.1, 0.15) is 30.8 Å². The van der Waals surface area contributed by atoms with Crippen molar-refractivity contribution < 1.29 is 9.90 Å². The maximum atomic E-state index is 10.8. The monoisotopic (exact) mass is 242 g/mol. The minimum absolute atomic E-state index is 0.0896. The van der Waals surface area contributed by atoms with Crippen LogP contribution in [0.5, 0.6) is 0 Å². The van der Waals surface area contributed by atoms with Gasteiger partial charge < -0.3 is 5.11 Å². The van der Waals surface area contributed by atoms with Crippen molar-refractivity contribution in [3.63, 3.8) is 0 Å². The summed E-state index contributed by atoms with van der Waals surface area (Å²) in [4.78, 5) is 18.1. The number of carbonyl (C=O) groups is 1. The lowest BCUT2D eigenvalue weighted by molar-refractivity contribution is -0.139. The molecule has 16 heavy (non-hydrogen) atoms. The number of aryl methyl sites for hydroxylation is 1. The van der Waals surface area contributed by atoms with E-state index in [-0.39, 0.29) is 12.6 Å². The fourth-order valence-electron chi connectivity index (χ4n) is 1.46. The fourth-order valence-corrected chi connectivity index (χ4v) is 2.26. The van der Waals surface area contributed by atoms with Crippen LogP contribution < -0.4 is 0 Å². The maximum Gasteiger partial charge on any atom is 0.317 e. The van der Waals surface area contributed by atoms with E-state index in [2.05, 4.69) is 18.8 Å². The second-order valence-electron chi connectivity index (χ2n) is 3.92. The number of nitrogens with zero attached hydrogens (tertiary/aromatic N) is 2. The summed E-state index contributed by atoms with van der Waals surface area (Å²) < 4.78 is 0. The standard InChI is InChI=1S/C11H18N2O2S/c1-4-8(2)13(6-11(14)15)5-10-9(3)12-7-16-10/h7-8H,4-6H2,1-3H3,(H,14,15). The smallest absolute Gasteiger partial charge is 0.317 e. The first-order valence-electron chi connectivity index (χ1n) is 5.39. The van der Waals surface area contributed by atoms with Gasteiger partial charge in [-0.25, -0.2) is 4.98 Å². The fraction of sp³-hybridized carbons (Fsp3) is 0.636. The molecule has 0 saturated carbocycles. The molecule has 1 atom stereocenters. The molecule has 1 unspecified atom stereocenters. The minimum Gasteiger partial charge on any atom is -0.480 e. The average molecular weight is 242 g/mol. The van der Waals surface area contributed by atoms with Gasteiger partial charge >= 0.3 is 5.97 Å². The number of rotatable bonds is 6. The van der Waals surface area contributed by atoms with E-state index in [1.807, 2.05) is 11.8 Å². The van der Waals surface area contributed by atoms with E-state index < -0.39 is 5.97 Å². The van der Waals surface area contributed by atoms with Gasteiger partial charge in [0.2, 0.25) is 0 Å². The first kappa shape index (κ1) is 13.1. The molecule has 5 heteroatoms. The lowest BCUT2D eigenvalue weighted by Crippen LogP contribution is -2.36. The Labute approximate surface area is 99.9 Å². The Morgan fingerprint density at radius 2 is 2.38 bits per heavy atom. The van der Waals surface area contributed by atoms with Gasteiger partial charge in [-0.15, -0.1) is 11.3 Å². The van der Waals surface area contributed by atoms with Crippen LogP contribution >= 0.6 is 11.3 Å². The van der Waals surface area contributed by atoms with Crippen LogP contribution in [0.15, 0.2) is 5.51 Å². The van der Waals surface area contributed by atoms with Gasteiger partial charge in [-0.1, -0.05) is 6.92 Å².